The molecule has 0 aliphatic heterocycles. The fraction of sp³-hybridized carbons (Fsp3) is 0. The van der Waals surface area contributed by atoms with Gasteiger partial charge in [0.05, 0.1) is 6.20 Å². The fourth-order valence-electron chi connectivity index (χ4n) is 0.806. The zero-order valence-electron chi connectivity index (χ0n) is 5.40. The summed E-state index contributed by atoms with van der Waals surface area (Å²) in [5.74, 6) is 5.51. The summed E-state index contributed by atoms with van der Waals surface area (Å²) >= 11 is 2.02. The van der Waals surface area contributed by atoms with E-state index < -0.39 is 0 Å². The summed E-state index contributed by atoms with van der Waals surface area (Å²) in [4.78, 5) is 12.0. The number of hydrogen-bond acceptors (Lipinski definition) is 4. The lowest BCUT2D eigenvalue weighted by molar-refractivity contribution is 1.00. The molecule has 0 aliphatic rings. The third-order valence-electron chi connectivity index (χ3n) is 1.29. The molecule has 0 unspecified atom stereocenters. The van der Waals surface area contributed by atoms with Crippen LogP contribution in [0.4, 0.5) is 0 Å². The molecule has 2 heterocycles. The van der Waals surface area contributed by atoms with Gasteiger partial charge in [-0.3, -0.25) is 0 Å². The van der Waals surface area contributed by atoms with Gasteiger partial charge in [0, 0.05) is 22.6 Å². The maximum Gasteiger partial charge on any atom is 0.192 e. The third kappa shape index (κ3) is 1.02. The average Bonchev–Trinajstić information content (AvgIpc) is 2.33. The molecule has 2 aromatic rings. The number of rotatable bonds is 0. The maximum atomic E-state index is 5.51. The van der Waals surface area contributed by atoms with E-state index in [1.54, 1.807) is 6.20 Å². The van der Waals surface area contributed by atoms with Gasteiger partial charge < -0.3 is 5.84 Å². The number of nitrogen functional groups attached to an aromatic ring is 1. The Bertz CT molecular complexity index is 395. The first kappa shape index (κ1) is 6.77. The summed E-state index contributed by atoms with van der Waals surface area (Å²) in [7, 11) is 0. The molecular formula is C5H4IN5. The van der Waals surface area contributed by atoms with Gasteiger partial charge >= 0.3 is 0 Å². The minimum absolute atomic E-state index is 0.657. The second-order valence-electron chi connectivity index (χ2n) is 2.00. The minimum atomic E-state index is 0.657. The first-order valence-corrected chi connectivity index (χ1v) is 3.96. The minimum Gasteiger partial charge on any atom is -0.336 e. The van der Waals surface area contributed by atoms with E-state index in [2.05, 4.69) is 15.0 Å². The van der Waals surface area contributed by atoms with Crippen molar-refractivity contribution in [3.05, 3.63) is 16.4 Å². The van der Waals surface area contributed by atoms with E-state index in [-0.39, 0.29) is 0 Å². The van der Waals surface area contributed by atoms with Gasteiger partial charge in [-0.25, -0.2) is 19.6 Å². The highest BCUT2D eigenvalue weighted by molar-refractivity contribution is 14.1. The van der Waals surface area contributed by atoms with Crippen LogP contribution in [0, 0.1) is 3.83 Å². The molecule has 0 aliphatic carbocycles. The molecule has 0 spiro atoms. The van der Waals surface area contributed by atoms with Crippen LogP contribution in [0.15, 0.2) is 12.5 Å². The molecule has 56 valence electrons. The monoisotopic (exact) mass is 261 g/mol. The lowest BCUT2D eigenvalue weighted by atomic mass is 10.6. The van der Waals surface area contributed by atoms with E-state index in [0.717, 1.165) is 0 Å². The highest BCUT2D eigenvalue weighted by Crippen LogP contribution is 2.06. The molecule has 2 aromatic heterocycles. The Labute approximate surface area is 75.8 Å². The van der Waals surface area contributed by atoms with E-state index in [1.165, 1.54) is 11.0 Å². The lowest BCUT2D eigenvalue weighted by Crippen LogP contribution is -2.07. The molecule has 0 radical (unpaired) electrons. The molecule has 0 aromatic carbocycles. The Hall–Kier alpha value is -0.920. The van der Waals surface area contributed by atoms with Crippen LogP contribution in [-0.4, -0.2) is 19.6 Å². The van der Waals surface area contributed by atoms with Crippen molar-refractivity contribution in [3.63, 3.8) is 0 Å². The Morgan fingerprint density at radius 2 is 2.27 bits per heavy atom. The third-order valence-corrected chi connectivity index (χ3v) is 1.81. The van der Waals surface area contributed by atoms with Crippen LogP contribution in [-0.2, 0) is 0 Å². The summed E-state index contributed by atoms with van der Waals surface area (Å²) in [5.41, 5.74) is 1.37. The Kier molecular flexibility index (Phi) is 1.41. The number of fused-ring (bicyclic) bond motifs is 1. The van der Waals surface area contributed by atoms with Crippen molar-refractivity contribution in [1.82, 2.24) is 19.6 Å². The van der Waals surface area contributed by atoms with Gasteiger partial charge in [0.15, 0.2) is 9.48 Å². The summed E-state index contributed by atoms with van der Waals surface area (Å²) in [6, 6.07) is 0. The van der Waals surface area contributed by atoms with Crippen molar-refractivity contribution in [2.75, 3.05) is 5.84 Å². The normalized spacial score (nSPS) is 10.6. The number of imidazole rings is 1. The van der Waals surface area contributed by atoms with Crippen molar-refractivity contribution < 1.29 is 0 Å². The van der Waals surface area contributed by atoms with Gasteiger partial charge in [-0.2, -0.15) is 0 Å². The molecule has 0 atom stereocenters. The molecule has 0 saturated carbocycles. The van der Waals surface area contributed by atoms with Gasteiger partial charge in [-0.05, 0) is 0 Å². The average molecular weight is 261 g/mol. The number of hydrogen-bond donors (Lipinski definition) is 1. The molecule has 5 nitrogen and oxygen atoms in total. The van der Waals surface area contributed by atoms with Crippen molar-refractivity contribution in [3.8, 4) is 0 Å². The quantitative estimate of drug-likeness (QED) is 0.416. The number of nitrogens with zero attached hydrogens (tertiary/aromatic N) is 4. The van der Waals surface area contributed by atoms with Gasteiger partial charge in [-0.15, -0.1) is 0 Å². The van der Waals surface area contributed by atoms with Crippen LogP contribution in [0.25, 0.3) is 11.2 Å². The van der Waals surface area contributed by atoms with Crippen LogP contribution in [0.2, 0.25) is 0 Å². The van der Waals surface area contributed by atoms with Crippen molar-refractivity contribution >= 4 is 33.8 Å². The number of halogens is 1. The highest BCUT2D eigenvalue weighted by atomic mass is 127. The molecule has 2 rings (SSSR count). The van der Waals surface area contributed by atoms with E-state index in [0.29, 0.717) is 15.0 Å². The Morgan fingerprint density at radius 3 is 3.09 bits per heavy atom. The van der Waals surface area contributed by atoms with E-state index in [9.17, 15) is 0 Å². The largest absolute Gasteiger partial charge is 0.336 e. The van der Waals surface area contributed by atoms with Crippen molar-refractivity contribution in [1.29, 1.82) is 0 Å². The van der Waals surface area contributed by atoms with Gasteiger partial charge in [0.25, 0.3) is 0 Å². The molecule has 0 bridgehead atoms. The zero-order chi connectivity index (χ0) is 7.84. The molecule has 0 fully saturated rings. The lowest BCUT2D eigenvalue weighted by Gasteiger charge is -1.91. The van der Waals surface area contributed by atoms with Crippen molar-refractivity contribution in [2.45, 2.75) is 0 Å². The summed E-state index contributed by atoms with van der Waals surface area (Å²) in [6.45, 7) is 0. The summed E-state index contributed by atoms with van der Waals surface area (Å²) in [5, 5.41) is 0. The molecule has 11 heavy (non-hydrogen) atoms. The smallest absolute Gasteiger partial charge is 0.192 e. The van der Waals surface area contributed by atoms with Crippen LogP contribution in [0.5, 0.6) is 0 Å². The van der Waals surface area contributed by atoms with Gasteiger partial charge in [-0.1, -0.05) is 0 Å². The van der Waals surface area contributed by atoms with Crippen molar-refractivity contribution in [2.24, 2.45) is 0 Å². The molecule has 6 heteroatoms. The fourth-order valence-corrected chi connectivity index (χ4v) is 1.17. The predicted molar refractivity (Wildman–Crippen MR) is 48.2 cm³/mol. The van der Waals surface area contributed by atoms with E-state index in [4.69, 9.17) is 5.84 Å². The Balaban J connectivity index is 2.87. The van der Waals surface area contributed by atoms with E-state index >= 15 is 0 Å². The van der Waals surface area contributed by atoms with Crippen LogP contribution in [0.1, 0.15) is 0 Å². The first-order chi connectivity index (χ1) is 5.27. The summed E-state index contributed by atoms with van der Waals surface area (Å²) in [6.07, 6.45) is 3.16. The topological polar surface area (TPSA) is 69.6 Å². The van der Waals surface area contributed by atoms with Crippen LogP contribution < -0.4 is 5.84 Å². The SMILES string of the molecule is Nn1cnc2cnc(I)nc21. The first-order valence-electron chi connectivity index (χ1n) is 2.88. The van der Waals surface area contributed by atoms with Gasteiger partial charge in [0.1, 0.15) is 11.8 Å². The van der Waals surface area contributed by atoms with Gasteiger partial charge in [0.2, 0.25) is 0 Å². The van der Waals surface area contributed by atoms with E-state index in [1.807, 2.05) is 22.6 Å². The predicted octanol–water partition coefficient (Wildman–Crippen LogP) is 0.145. The summed E-state index contributed by atoms with van der Waals surface area (Å²) < 4.78 is 2.04. The highest BCUT2D eigenvalue weighted by Gasteiger charge is 2.01. The maximum absolute atomic E-state index is 5.51. The zero-order valence-corrected chi connectivity index (χ0v) is 7.56. The molecule has 2 N–H and O–H groups in total. The Morgan fingerprint density at radius 1 is 1.45 bits per heavy atom. The molecular weight excluding hydrogens is 257 g/mol. The van der Waals surface area contributed by atoms with Crippen LogP contribution >= 0.6 is 22.6 Å². The number of aromatic nitrogens is 4. The number of nitrogens with two attached hydrogens (primary N) is 1. The second kappa shape index (κ2) is 2.29. The second-order valence-corrected chi connectivity index (χ2v) is 2.96. The van der Waals surface area contributed by atoms with Crippen LogP contribution in [0.3, 0.4) is 0 Å². The standard InChI is InChI=1S/C5H4IN5/c6-5-8-1-3-4(10-5)11(7)2-9-3/h1-2H,7H2. The molecule has 0 amide bonds. The molecule has 0 saturated heterocycles.